The third-order valence-electron chi connectivity index (χ3n) is 1.45. The number of rotatable bonds is 2. The van der Waals surface area contributed by atoms with E-state index in [1.54, 1.807) is 0 Å². The van der Waals surface area contributed by atoms with Crippen LogP contribution in [0.5, 0.6) is 0 Å². The molecule has 1 aromatic carbocycles. The van der Waals surface area contributed by atoms with E-state index in [-0.39, 0.29) is 10.0 Å². The van der Waals surface area contributed by atoms with Crippen LogP contribution in [-0.2, 0) is 10.7 Å². The van der Waals surface area contributed by atoms with Gasteiger partial charge in [-0.25, -0.2) is 0 Å². The van der Waals surface area contributed by atoms with Gasteiger partial charge in [0.05, 0.1) is 10.0 Å². The molecule has 0 radical (unpaired) electrons. The van der Waals surface area contributed by atoms with Crippen molar-refractivity contribution in [1.29, 1.82) is 0 Å². The number of carbonyl (C=O) groups excluding carboxylic acids is 1. The first kappa shape index (κ1) is 10.4. The molecule has 0 unspecified atom stereocenters. The van der Waals surface area contributed by atoms with Gasteiger partial charge in [-0.05, 0) is 12.1 Å². The van der Waals surface area contributed by atoms with Crippen molar-refractivity contribution < 1.29 is 13.6 Å². The Balaban J connectivity index is 3.18. The average molecular weight is 225 g/mol. The molecule has 1 nitrogen and oxygen atoms in total. The van der Waals surface area contributed by atoms with Crippen LogP contribution in [0.25, 0.3) is 0 Å². The minimum Gasteiger partial charge on any atom is -0.296 e. The standard InChI is InChI=1S/C8H4Cl2F2O/c9-6-2-1-5(3-7(6)10)8(11,12)4-13/h1-4H. The average Bonchev–Trinajstić information content (AvgIpc) is 2.09. The molecule has 0 aliphatic rings. The molecule has 0 atom stereocenters. The van der Waals surface area contributed by atoms with Crippen molar-refractivity contribution in [2.45, 2.75) is 5.92 Å². The van der Waals surface area contributed by atoms with Crippen LogP contribution in [0.2, 0.25) is 10.0 Å². The maximum Gasteiger partial charge on any atom is 0.327 e. The van der Waals surface area contributed by atoms with E-state index in [1.165, 1.54) is 6.07 Å². The smallest absolute Gasteiger partial charge is 0.296 e. The van der Waals surface area contributed by atoms with Gasteiger partial charge in [0, 0.05) is 5.56 Å². The van der Waals surface area contributed by atoms with E-state index >= 15 is 0 Å². The SMILES string of the molecule is O=CC(F)(F)c1ccc(Cl)c(Cl)c1. The van der Waals surface area contributed by atoms with Crippen LogP contribution in [0.1, 0.15) is 5.56 Å². The van der Waals surface area contributed by atoms with Crippen LogP contribution >= 0.6 is 23.2 Å². The van der Waals surface area contributed by atoms with Gasteiger partial charge in [0.15, 0.2) is 6.29 Å². The van der Waals surface area contributed by atoms with Gasteiger partial charge in [-0.2, -0.15) is 8.78 Å². The van der Waals surface area contributed by atoms with E-state index in [2.05, 4.69) is 0 Å². The van der Waals surface area contributed by atoms with Gasteiger partial charge in [-0.3, -0.25) is 4.79 Å². The van der Waals surface area contributed by atoms with Crippen LogP contribution in [0.3, 0.4) is 0 Å². The third kappa shape index (κ3) is 2.17. The van der Waals surface area contributed by atoms with Crippen molar-refractivity contribution >= 4 is 29.5 Å². The van der Waals surface area contributed by atoms with Gasteiger partial charge in [-0.15, -0.1) is 0 Å². The Morgan fingerprint density at radius 2 is 1.85 bits per heavy atom. The number of alkyl halides is 2. The maximum absolute atomic E-state index is 12.7. The summed E-state index contributed by atoms with van der Waals surface area (Å²) in [4.78, 5) is 10.00. The summed E-state index contributed by atoms with van der Waals surface area (Å²) in [5, 5.41) is 0.174. The first-order valence-corrected chi connectivity index (χ1v) is 4.02. The molecular formula is C8H4Cl2F2O. The fourth-order valence-electron chi connectivity index (χ4n) is 0.772. The molecule has 0 bridgehead atoms. The molecule has 0 aliphatic heterocycles. The highest BCUT2D eigenvalue weighted by Gasteiger charge is 2.31. The molecule has 70 valence electrons. The zero-order chi connectivity index (χ0) is 10.1. The number of benzene rings is 1. The highest BCUT2D eigenvalue weighted by atomic mass is 35.5. The lowest BCUT2D eigenvalue weighted by Crippen LogP contribution is -2.14. The van der Waals surface area contributed by atoms with Crippen LogP contribution in [0, 0.1) is 0 Å². The molecule has 13 heavy (non-hydrogen) atoms. The van der Waals surface area contributed by atoms with Gasteiger partial charge in [0.1, 0.15) is 0 Å². The van der Waals surface area contributed by atoms with Crippen molar-refractivity contribution in [3.8, 4) is 0 Å². The van der Waals surface area contributed by atoms with Gasteiger partial charge < -0.3 is 0 Å². The first-order valence-electron chi connectivity index (χ1n) is 3.27. The second-order valence-corrected chi connectivity index (χ2v) is 3.18. The second kappa shape index (κ2) is 3.60. The van der Waals surface area contributed by atoms with Crippen molar-refractivity contribution in [3.63, 3.8) is 0 Å². The fraction of sp³-hybridized carbons (Fsp3) is 0.125. The van der Waals surface area contributed by atoms with E-state index in [9.17, 15) is 13.6 Å². The molecule has 0 saturated carbocycles. The van der Waals surface area contributed by atoms with E-state index in [4.69, 9.17) is 23.2 Å². The number of hydrogen-bond acceptors (Lipinski definition) is 1. The molecule has 1 aromatic rings. The largest absolute Gasteiger partial charge is 0.327 e. The summed E-state index contributed by atoms with van der Waals surface area (Å²) in [6.45, 7) is 0. The van der Waals surface area contributed by atoms with E-state index < -0.39 is 17.8 Å². The highest BCUT2D eigenvalue weighted by molar-refractivity contribution is 6.42. The van der Waals surface area contributed by atoms with Gasteiger partial charge in [-0.1, -0.05) is 29.3 Å². The Labute approximate surface area is 83.3 Å². The Bertz CT molecular complexity index is 339. The molecule has 1 rings (SSSR count). The Morgan fingerprint density at radius 1 is 1.23 bits per heavy atom. The minimum atomic E-state index is -3.51. The summed E-state index contributed by atoms with van der Waals surface area (Å²) in [6.07, 6.45) is -0.438. The van der Waals surface area contributed by atoms with Crippen molar-refractivity contribution in [1.82, 2.24) is 0 Å². The highest BCUT2D eigenvalue weighted by Crippen LogP contribution is 2.30. The minimum absolute atomic E-state index is 0.000640. The molecule has 0 spiro atoms. The quantitative estimate of drug-likeness (QED) is 0.705. The van der Waals surface area contributed by atoms with Crippen molar-refractivity contribution in [3.05, 3.63) is 33.8 Å². The molecule has 0 saturated heterocycles. The van der Waals surface area contributed by atoms with E-state index in [0.717, 1.165) is 12.1 Å². The Hall–Kier alpha value is -0.670. The van der Waals surface area contributed by atoms with Crippen LogP contribution in [0.15, 0.2) is 18.2 Å². The topological polar surface area (TPSA) is 17.1 Å². The molecule has 0 fully saturated rings. The predicted molar refractivity (Wildman–Crippen MR) is 46.4 cm³/mol. The molecule has 0 aromatic heterocycles. The summed E-state index contributed by atoms with van der Waals surface area (Å²) in [6, 6.07) is 3.25. The molecule has 0 amide bonds. The Kier molecular flexibility index (Phi) is 2.88. The molecule has 5 heteroatoms. The molecule has 0 heterocycles. The lowest BCUT2D eigenvalue weighted by atomic mass is 10.1. The lowest BCUT2D eigenvalue weighted by Gasteiger charge is -2.09. The first-order chi connectivity index (χ1) is 5.97. The number of halogens is 4. The summed E-state index contributed by atoms with van der Waals surface area (Å²) < 4.78 is 25.5. The number of hydrogen-bond donors (Lipinski definition) is 0. The van der Waals surface area contributed by atoms with E-state index in [1.807, 2.05) is 0 Å². The summed E-state index contributed by atoms with van der Waals surface area (Å²) >= 11 is 11.0. The van der Waals surface area contributed by atoms with Gasteiger partial charge in [0.25, 0.3) is 0 Å². The van der Waals surface area contributed by atoms with Crippen LogP contribution < -0.4 is 0 Å². The summed E-state index contributed by atoms with van der Waals surface area (Å²) in [7, 11) is 0. The van der Waals surface area contributed by atoms with Gasteiger partial charge >= 0.3 is 5.92 Å². The van der Waals surface area contributed by atoms with Gasteiger partial charge in [0.2, 0.25) is 0 Å². The van der Waals surface area contributed by atoms with E-state index in [0.29, 0.717) is 0 Å². The third-order valence-corrected chi connectivity index (χ3v) is 2.19. The lowest BCUT2D eigenvalue weighted by molar-refractivity contribution is -0.130. The normalized spacial score (nSPS) is 11.4. The molecule has 0 aliphatic carbocycles. The molecule has 0 N–H and O–H groups in total. The predicted octanol–water partition coefficient (Wildman–Crippen LogP) is 3.28. The van der Waals surface area contributed by atoms with Crippen molar-refractivity contribution in [2.75, 3.05) is 0 Å². The second-order valence-electron chi connectivity index (χ2n) is 2.37. The molecular weight excluding hydrogens is 221 g/mol. The number of aldehydes is 1. The fourth-order valence-corrected chi connectivity index (χ4v) is 1.07. The van der Waals surface area contributed by atoms with Crippen LogP contribution in [0.4, 0.5) is 8.78 Å². The Morgan fingerprint density at radius 3 is 2.31 bits per heavy atom. The zero-order valence-electron chi connectivity index (χ0n) is 6.23. The summed E-state index contributed by atoms with van der Waals surface area (Å²) in [5.74, 6) is -3.51. The summed E-state index contributed by atoms with van der Waals surface area (Å²) in [5.41, 5.74) is -0.461. The van der Waals surface area contributed by atoms with Crippen LogP contribution in [-0.4, -0.2) is 6.29 Å². The maximum atomic E-state index is 12.7. The number of carbonyl (C=O) groups is 1. The monoisotopic (exact) mass is 224 g/mol. The van der Waals surface area contributed by atoms with Crippen molar-refractivity contribution in [2.24, 2.45) is 0 Å². The zero-order valence-corrected chi connectivity index (χ0v) is 7.74.